The minimum atomic E-state index is 0.0180. The van der Waals surface area contributed by atoms with Crippen LogP contribution in [0.3, 0.4) is 0 Å². The fourth-order valence-electron chi connectivity index (χ4n) is 4.77. The monoisotopic (exact) mass is 434 g/mol. The SMILES string of the molecule is CC(=O)CN1CCC(C(=O)N(CCCc2ccc3c(n2)NCCC3)c2ccccc2)CC1. The Morgan fingerprint density at radius 2 is 1.91 bits per heavy atom. The molecule has 1 aromatic heterocycles. The average molecular weight is 435 g/mol. The largest absolute Gasteiger partial charge is 0.370 e. The average Bonchev–Trinajstić information content (AvgIpc) is 2.82. The molecule has 2 aliphatic heterocycles. The zero-order chi connectivity index (χ0) is 22.3. The first kappa shape index (κ1) is 22.5. The second kappa shape index (κ2) is 10.7. The number of piperidine rings is 1. The predicted octanol–water partition coefficient (Wildman–Crippen LogP) is 3.71. The first-order valence-corrected chi connectivity index (χ1v) is 11.9. The summed E-state index contributed by atoms with van der Waals surface area (Å²) in [7, 11) is 0. The summed E-state index contributed by atoms with van der Waals surface area (Å²) in [6, 6.07) is 14.3. The number of carbonyl (C=O) groups excluding carboxylic acids is 2. The van der Waals surface area contributed by atoms with Crippen LogP contribution in [0.2, 0.25) is 0 Å². The Kier molecular flexibility index (Phi) is 7.53. The van der Waals surface area contributed by atoms with Crippen LogP contribution in [0.4, 0.5) is 11.5 Å². The molecular formula is C26H34N4O2. The standard InChI is InChI=1S/C26H34N4O2/c1-20(31)19-29-17-13-22(14-18-29)26(32)30(24-9-3-2-4-10-24)16-6-8-23-12-11-21-7-5-15-27-25(21)28-23/h2-4,9-12,22H,5-8,13-19H2,1H3,(H,27,28). The van der Waals surface area contributed by atoms with Crippen molar-refractivity contribution in [2.75, 3.05) is 42.9 Å². The number of rotatable bonds is 8. The maximum absolute atomic E-state index is 13.5. The highest BCUT2D eigenvalue weighted by molar-refractivity contribution is 5.95. The maximum atomic E-state index is 13.5. The molecule has 2 aromatic rings. The maximum Gasteiger partial charge on any atom is 0.230 e. The van der Waals surface area contributed by atoms with Gasteiger partial charge < -0.3 is 10.2 Å². The van der Waals surface area contributed by atoms with E-state index in [1.165, 1.54) is 5.56 Å². The highest BCUT2D eigenvalue weighted by Gasteiger charge is 2.29. The second-order valence-corrected chi connectivity index (χ2v) is 9.02. The van der Waals surface area contributed by atoms with E-state index in [1.807, 2.05) is 35.2 Å². The van der Waals surface area contributed by atoms with E-state index in [2.05, 4.69) is 22.3 Å². The number of Topliss-reactive ketones (excluding diaryl/α,β-unsaturated/α-hetero) is 1. The second-order valence-electron chi connectivity index (χ2n) is 9.02. The van der Waals surface area contributed by atoms with Crippen molar-refractivity contribution in [3.8, 4) is 0 Å². The van der Waals surface area contributed by atoms with Crippen molar-refractivity contribution < 1.29 is 9.59 Å². The molecule has 0 saturated carbocycles. The quantitative estimate of drug-likeness (QED) is 0.686. The zero-order valence-electron chi connectivity index (χ0n) is 19.1. The molecule has 0 aliphatic carbocycles. The number of hydrogen-bond acceptors (Lipinski definition) is 5. The van der Waals surface area contributed by atoms with E-state index in [0.29, 0.717) is 13.1 Å². The van der Waals surface area contributed by atoms with Gasteiger partial charge in [0, 0.05) is 30.4 Å². The lowest BCUT2D eigenvalue weighted by molar-refractivity contribution is -0.124. The van der Waals surface area contributed by atoms with Crippen LogP contribution in [0.25, 0.3) is 0 Å². The van der Waals surface area contributed by atoms with Gasteiger partial charge in [0.1, 0.15) is 11.6 Å². The van der Waals surface area contributed by atoms with Gasteiger partial charge in [-0.25, -0.2) is 4.98 Å². The van der Waals surface area contributed by atoms with Crippen LogP contribution in [0.5, 0.6) is 0 Å². The number of nitrogens with one attached hydrogen (secondary N) is 1. The Morgan fingerprint density at radius 1 is 1.12 bits per heavy atom. The summed E-state index contributed by atoms with van der Waals surface area (Å²) >= 11 is 0. The summed E-state index contributed by atoms with van der Waals surface area (Å²) in [6.45, 7) is 5.41. The molecule has 0 spiro atoms. The van der Waals surface area contributed by atoms with Crippen molar-refractivity contribution in [2.45, 2.75) is 45.4 Å². The van der Waals surface area contributed by atoms with Gasteiger partial charge in [0.05, 0.1) is 6.54 Å². The van der Waals surface area contributed by atoms with E-state index in [1.54, 1.807) is 6.92 Å². The normalized spacial score (nSPS) is 16.8. The summed E-state index contributed by atoms with van der Waals surface area (Å²) < 4.78 is 0. The topological polar surface area (TPSA) is 65.5 Å². The van der Waals surface area contributed by atoms with Gasteiger partial charge in [-0.1, -0.05) is 24.3 Å². The first-order valence-electron chi connectivity index (χ1n) is 11.9. The molecule has 32 heavy (non-hydrogen) atoms. The molecule has 3 heterocycles. The van der Waals surface area contributed by atoms with E-state index < -0.39 is 0 Å². The third-order valence-electron chi connectivity index (χ3n) is 6.48. The Morgan fingerprint density at radius 3 is 2.66 bits per heavy atom. The Bertz CT molecular complexity index is 923. The molecule has 1 saturated heterocycles. The van der Waals surface area contributed by atoms with Gasteiger partial charge in [0.2, 0.25) is 5.91 Å². The van der Waals surface area contributed by atoms with Crippen LogP contribution in [-0.2, 0) is 22.4 Å². The molecule has 1 amide bonds. The number of nitrogens with zero attached hydrogens (tertiary/aromatic N) is 3. The van der Waals surface area contributed by atoms with Crippen molar-refractivity contribution in [1.29, 1.82) is 0 Å². The van der Waals surface area contributed by atoms with Crippen LogP contribution in [-0.4, -0.2) is 54.3 Å². The predicted molar refractivity (Wildman–Crippen MR) is 128 cm³/mol. The van der Waals surface area contributed by atoms with Crippen molar-refractivity contribution in [1.82, 2.24) is 9.88 Å². The molecule has 6 heteroatoms. The van der Waals surface area contributed by atoms with Gasteiger partial charge >= 0.3 is 0 Å². The number of amides is 1. The molecule has 1 aromatic carbocycles. The number of carbonyl (C=O) groups is 2. The molecule has 1 fully saturated rings. The van der Waals surface area contributed by atoms with E-state index in [-0.39, 0.29) is 17.6 Å². The van der Waals surface area contributed by atoms with E-state index in [4.69, 9.17) is 4.98 Å². The summed E-state index contributed by atoms with van der Waals surface area (Å²) in [6.07, 6.45) is 5.60. The highest BCUT2D eigenvalue weighted by atomic mass is 16.2. The van der Waals surface area contributed by atoms with Crippen LogP contribution >= 0.6 is 0 Å². The van der Waals surface area contributed by atoms with Gasteiger partial charge in [-0.3, -0.25) is 14.5 Å². The zero-order valence-corrected chi connectivity index (χ0v) is 19.1. The number of ketones is 1. The van der Waals surface area contributed by atoms with Crippen molar-refractivity contribution in [3.63, 3.8) is 0 Å². The number of hydrogen-bond donors (Lipinski definition) is 1. The number of pyridine rings is 1. The summed E-state index contributed by atoms with van der Waals surface area (Å²) in [5.74, 6) is 1.44. The fourth-order valence-corrected chi connectivity index (χ4v) is 4.77. The molecule has 0 atom stereocenters. The van der Waals surface area contributed by atoms with E-state index in [9.17, 15) is 9.59 Å². The highest BCUT2D eigenvalue weighted by Crippen LogP contribution is 2.25. The van der Waals surface area contributed by atoms with Crippen LogP contribution in [0.1, 0.15) is 43.9 Å². The van der Waals surface area contributed by atoms with Gasteiger partial charge in [-0.15, -0.1) is 0 Å². The summed E-state index contributed by atoms with van der Waals surface area (Å²) in [4.78, 5) is 33.8. The van der Waals surface area contributed by atoms with Gasteiger partial charge in [0.15, 0.2) is 0 Å². The number of fused-ring (bicyclic) bond motifs is 1. The smallest absolute Gasteiger partial charge is 0.230 e. The molecule has 6 nitrogen and oxygen atoms in total. The molecule has 4 rings (SSSR count). The molecule has 0 bridgehead atoms. The van der Waals surface area contributed by atoms with E-state index >= 15 is 0 Å². The van der Waals surface area contributed by atoms with Crippen LogP contribution in [0, 0.1) is 5.92 Å². The van der Waals surface area contributed by atoms with Crippen molar-refractivity contribution in [2.24, 2.45) is 5.92 Å². The molecule has 170 valence electrons. The molecule has 0 unspecified atom stereocenters. The Balaban J connectivity index is 1.38. The van der Waals surface area contributed by atoms with Crippen molar-refractivity contribution in [3.05, 3.63) is 53.7 Å². The fraction of sp³-hybridized carbons (Fsp3) is 0.500. The third kappa shape index (κ3) is 5.74. The lowest BCUT2D eigenvalue weighted by Gasteiger charge is -2.34. The minimum Gasteiger partial charge on any atom is -0.370 e. The van der Waals surface area contributed by atoms with E-state index in [0.717, 1.165) is 75.4 Å². The van der Waals surface area contributed by atoms with Crippen LogP contribution < -0.4 is 10.2 Å². The van der Waals surface area contributed by atoms with Gasteiger partial charge in [0.25, 0.3) is 0 Å². The third-order valence-corrected chi connectivity index (χ3v) is 6.48. The summed E-state index contributed by atoms with van der Waals surface area (Å²) in [5, 5.41) is 3.40. The number of aryl methyl sites for hydroxylation is 2. The number of likely N-dealkylation sites (tertiary alicyclic amines) is 1. The Labute approximate surface area is 191 Å². The molecule has 2 aliphatic rings. The molecule has 1 N–H and O–H groups in total. The first-order chi connectivity index (χ1) is 15.6. The number of anilines is 2. The number of benzene rings is 1. The number of para-hydroxylation sites is 1. The van der Waals surface area contributed by atoms with Gasteiger partial charge in [-0.05, 0) is 82.3 Å². The van der Waals surface area contributed by atoms with Gasteiger partial charge in [-0.2, -0.15) is 0 Å². The van der Waals surface area contributed by atoms with Crippen LogP contribution in [0.15, 0.2) is 42.5 Å². The lowest BCUT2D eigenvalue weighted by atomic mass is 9.94. The number of aromatic nitrogens is 1. The lowest BCUT2D eigenvalue weighted by Crippen LogP contribution is -2.44. The Hall–Kier alpha value is -2.73. The summed E-state index contributed by atoms with van der Waals surface area (Å²) in [5.41, 5.74) is 3.34. The molecule has 0 radical (unpaired) electrons. The molecular weight excluding hydrogens is 400 g/mol. The minimum absolute atomic E-state index is 0.0180. The van der Waals surface area contributed by atoms with Crippen molar-refractivity contribution >= 4 is 23.2 Å².